The van der Waals surface area contributed by atoms with Gasteiger partial charge in [0, 0.05) is 13.1 Å². The van der Waals surface area contributed by atoms with E-state index in [-0.39, 0.29) is 18.3 Å². The summed E-state index contributed by atoms with van der Waals surface area (Å²) in [7, 11) is 4.92. The summed E-state index contributed by atoms with van der Waals surface area (Å²) in [6.07, 6.45) is 0. The number of anilines is 1. The second-order valence-electron chi connectivity index (χ2n) is 6.58. The number of hydrogen-bond acceptors (Lipinski definition) is 7. The molecule has 2 aromatic carbocycles. The first-order valence-corrected chi connectivity index (χ1v) is 10.7. The number of ether oxygens (including phenoxy) is 3. The quantitative estimate of drug-likeness (QED) is 0.479. The number of aromatic nitrogens is 3. The van der Waals surface area contributed by atoms with E-state index in [2.05, 4.69) is 15.5 Å². The number of rotatable bonds is 9. The van der Waals surface area contributed by atoms with Crippen molar-refractivity contribution in [2.24, 2.45) is 7.05 Å². The monoisotopic (exact) mass is 462 g/mol. The van der Waals surface area contributed by atoms with Crippen molar-refractivity contribution in [3.05, 3.63) is 52.8 Å². The van der Waals surface area contributed by atoms with Gasteiger partial charge in [0.1, 0.15) is 23.9 Å². The van der Waals surface area contributed by atoms with Gasteiger partial charge in [-0.25, -0.2) is 0 Å². The van der Waals surface area contributed by atoms with E-state index >= 15 is 0 Å². The summed E-state index contributed by atoms with van der Waals surface area (Å²) in [5, 5.41) is 12.3. The van der Waals surface area contributed by atoms with Crippen LogP contribution < -0.4 is 19.5 Å². The molecule has 0 spiro atoms. The van der Waals surface area contributed by atoms with E-state index in [9.17, 15) is 4.79 Å². The normalized spacial score (nSPS) is 10.6. The molecule has 8 nitrogen and oxygen atoms in total. The third kappa shape index (κ3) is 5.83. The number of aryl methyl sites for hydroxylation is 1. The van der Waals surface area contributed by atoms with Gasteiger partial charge in [0.05, 0.1) is 30.7 Å². The molecule has 0 fully saturated rings. The number of carbonyl (C=O) groups excluding carboxylic acids is 1. The van der Waals surface area contributed by atoms with E-state index in [1.54, 1.807) is 43.1 Å². The number of nitrogens with zero attached hydrogens (tertiary/aromatic N) is 3. The highest BCUT2D eigenvalue weighted by Crippen LogP contribution is 2.29. The van der Waals surface area contributed by atoms with Crippen molar-refractivity contribution in [3.63, 3.8) is 0 Å². The van der Waals surface area contributed by atoms with Crippen molar-refractivity contribution in [1.29, 1.82) is 0 Å². The highest BCUT2D eigenvalue weighted by Gasteiger charge is 2.14. The van der Waals surface area contributed by atoms with Crippen LogP contribution in [0.1, 0.15) is 11.4 Å². The first kappa shape index (κ1) is 22.8. The number of benzene rings is 2. The van der Waals surface area contributed by atoms with E-state index in [1.807, 2.05) is 26.1 Å². The minimum Gasteiger partial charge on any atom is -0.497 e. The van der Waals surface area contributed by atoms with E-state index in [0.29, 0.717) is 38.9 Å². The van der Waals surface area contributed by atoms with Gasteiger partial charge in [-0.2, -0.15) is 0 Å². The molecule has 3 rings (SSSR count). The lowest BCUT2D eigenvalue weighted by Gasteiger charge is -2.11. The Hall–Kier alpha value is -2.91. The minimum absolute atomic E-state index is 0.150. The second kappa shape index (κ2) is 10.4. The van der Waals surface area contributed by atoms with Crippen LogP contribution >= 0.6 is 23.4 Å². The first-order chi connectivity index (χ1) is 14.9. The van der Waals surface area contributed by atoms with Crippen LogP contribution in [0.15, 0.2) is 41.6 Å². The number of nitrogens with one attached hydrogen (secondary N) is 1. The lowest BCUT2D eigenvalue weighted by atomic mass is 10.2. The Kier molecular flexibility index (Phi) is 7.64. The van der Waals surface area contributed by atoms with Gasteiger partial charge in [0.15, 0.2) is 11.0 Å². The fourth-order valence-corrected chi connectivity index (χ4v) is 3.59. The van der Waals surface area contributed by atoms with Crippen LogP contribution in [0.5, 0.6) is 17.2 Å². The van der Waals surface area contributed by atoms with Gasteiger partial charge < -0.3 is 24.1 Å². The van der Waals surface area contributed by atoms with Gasteiger partial charge in [-0.05, 0) is 36.8 Å². The largest absolute Gasteiger partial charge is 0.497 e. The van der Waals surface area contributed by atoms with Crippen molar-refractivity contribution in [1.82, 2.24) is 14.8 Å². The average Bonchev–Trinajstić information content (AvgIpc) is 3.12. The summed E-state index contributed by atoms with van der Waals surface area (Å²) in [5.41, 5.74) is 1.59. The van der Waals surface area contributed by atoms with Crippen LogP contribution in [0.2, 0.25) is 5.02 Å². The predicted octanol–water partition coefficient (Wildman–Crippen LogP) is 4.10. The third-order valence-corrected chi connectivity index (χ3v) is 5.71. The maximum absolute atomic E-state index is 12.4. The molecule has 164 valence electrons. The molecule has 0 saturated carbocycles. The van der Waals surface area contributed by atoms with E-state index in [1.165, 1.54) is 11.8 Å². The smallest absolute Gasteiger partial charge is 0.234 e. The third-order valence-electron chi connectivity index (χ3n) is 4.38. The maximum Gasteiger partial charge on any atom is 0.234 e. The Balaban J connectivity index is 1.58. The number of thioether (sulfide) groups is 1. The second-order valence-corrected chi connectivity index (χ2v) is 7.93. The zero-order valence-electron chi connectivity index (χ0n) is 17.6. The molecule has 0 aliphatic rings. The van der Waals surface area contributed by atoms with Crippen LogP contribution in [0.3, 0.4) is 0 Å². The van der Waals surface area contributed by atoms with Gasteiger partial charge in [-0.3, -0.25) is 4.79 Å². The number of hydrogen-bond donors (Lipinski definition) is 1. The highest BCUT2D eigenvalue weighted by molar-refractivity contribution is 7.99. The van der Waals surface area contributed by atoms with Crippen LogP contribution in [-0.4, -0.2) is 40.6 Å². The molecule has 1 aromatic heterocycles. The SMILES string of the molecule is COc1ccc(OC)c(NC(=O)CSc2nnc(COc3cc(C)ccc3Cl)n2C)c1. The van der Waals surface area contributed by atoms with Gasteiger partial charge in [-0.15, -0.1) is 10.2 Å². The van der Waals surface area contributed by atoms with Crippen LogP contribution in [0.4, 0.5) is 5.69 Å². The number of halogens is 1. The highest BCUT2D eigenvalue weighted by atomic mass is 35.5. The predicted molar refractivity (Wildman–Crippen MR) is 120 cm³/mol. The number of methoxy groups -OCH3 is 2. The molecule has 1 N–H and O–H groups in total. The van der Waals surface area contributed by atoms with Gasteiger partial charge >= 0.3 is 0 Å². The number of amides is 1. The van der Waals surface area contributed by atoms with Crippen molar-refractivity contribution in [2.75, 3.05) is 25.3 Å². The molecule has 0 bridgehead atoms. The molecular formula is C21H23ClN4O4S. The molecule has 0 aliphatic carbocycles. The summed E-state index contributed by atoms with van der Waals surface area (Å²) >= 11 is 7.44. The summed E-state index contributed by atoms with van der Waals surface area (Å²) in [5.74, 6) is 2.32. The molecule has 0 radical (unpaired) electrons. The molecule has 0 unspecified atom stereocenters. The fourth-order valence-electron chi connectivity index (χ4n) is 2.69. The Bertz CT molecular complexity index is 1070. The first-order valence-electron chi connectivity index (χ1n) is 9.33. The van der Waals surface area contributed by atoms with Crippen molar-refractivity contribution in [2.45, 2.75) is 18.7 Å². The fraction of sp³-hybridized carbons (Fsp3) is 0.286. The molecule has 1 heterocycles. The average molecular weight is 463 g/mol. The Labute approximate surface area is 189 Å². The molecule has 0 aliphatic heterocycles. The summed E-state index contributed by atoms with van der Waals surface area (Å²) < 4.78 is 18.0. The number of carbonyl (C=O) groups is 1. The lowest BCUT2D eigenvalue weighted by molar-refractivity contribution is -0.113. The standard InChI is InChI=1S/C21H23ClN4O4S/c1-13-5-7-15(22)18(9-13)30-11-19-24-25-21(26(19)2)31-12-20(27)23-16-10-14(28-3)6-8-17(16)29-4/h5-10H,11-12H2,1-4H3,(H,23,27). The summed E-state index contributed by atoms with van der Waals surface area (Å²) in [6, 6.07) is 10.8. The van der Waals surface area contributed by atoms with Crippen molar-refractivity contribution >= 4 is 35.0 Å². The van der Waals surface area contributed by atoms with Gasteiger partial charge in [-0.1, -0.05) is 29.4 Å². The summed E-state index contributed by atoms with van der Waals surface area (Å²) in [6.45, 7) is 2.17. The topological polar surface area (TPSA) is 87.5 Å². The van der Waals surface area contributed by atoms with Gasteiger partial charge in [0.2, 0.25) is 5.91 Å². The zero-order chi connectivity index (χ0) is 22.4. The lowest BCUT2D eigenvalue weighted by Crippen LogP contribution is -2.15. The molecule has 1 amide bonds. The zero-order valence-corrected chi connectivity index (χ0v) is 19.2. The van der Waals surface area contributed by atoms with Gasteiger partial charge in [0.25, 0.3) is 0 Å². The van der Waals surface area contributed by atoms with E-state index in [4.69, 9.17) is 25.8 Å². The van der Waals surface area contributed by atoms with Crippen LogP contribution in [0.25, 0.3) is 0 Å². The van der Waals surface area contributed by atoms with Crippen LogP contribution in [-0.2, 0) is 18.4 Å². The van der Waals surface area contributed by atoms with Crippen LogP contribution in [0, 0.1) is 6.92 Å². The van der Waals surface area contributed by atoms with E-state index in [0.717, 1.165) is 5.56 Å². The molecular weight excluding hydrogens is 440 g/mol. The Morgan fingerprint density at radius 2 is 1.94 bits per heavy atom. The molecule has 10 heteroatoms. The maximum atomic E-state index is 12.4. The Morgan fingerprint density at radius 1 is 1.13 bits per heavy atom. The minimum atomic E-state index is -0.205. The molecule has 0 atom stereocenters. The Morgan fingerprint density at radius 3 is 2.68 bits per heavy atom. The van der Waals surface area contributed by atoms with Crippen molar-refractivity contribution in [3.8, 4) is 17.2 Å². The summed E-state index contributed by atoms with van der Waals surface area (Å²) in [4.78, 5) is 12.4. The van der Waals surface area contributed by atoms with E-state index < -0.39 is 0 Å². The molecule has 3 aromatic rings. The molecule has 31 heavy (non-hydrogen) atoms. The van der Waals surface area contributed by atoms with Crippen molar-refractivity contribution < 1.29 is 19.0 Å². The molecule has 0 saturated heterocycles.